The minimum Gasteiger partial charge on any atom is -0.469 e. The molecule has 0 aromatic heterocycles. The number of esters is 1. The molecule has 0 saturated carbocycles. The Labute approximate surface area is 153 Å². The fraction of sp³-hybridized carbons (Fsp3) is 0.263. The van der Waals surface area contributed by atoms with Crippen molar-refractivity contribution in [2.75, 3.05) is 12.0 Å². The molecule has 0 aliphatic carbocycles. The summed E-state index contributed by atoms with van der Waals surface area (Å²) in [5, 5.41) is 0. The number of nitrogens with zero attached hydrogens (tertiary/aromatic N) is 1. The molecule has 1 heterocycles. The molecular formula is C19H17BrFNO3. The van der Waals surface area contributed by atoms with Gasteiger partial charge in [0.2, 0.25) is 5.91 Å². The molecule has 0 radical (unpaired) electrons. The van der Waals surface area contributed by atoms with Crippen LogP contribution in [0.3, 0.4) is 0 Å². The van der Waals surface area contributed by atoms with Crippen LogP contribution in [0.15, 0.2) is 53.0 Å². The number of methoxy groups -OCH3 is 1. The topological polar surface area (TPSA) is 46.6 Å². The third-order valence-electron chi connectivity index (χ3n) is 4.42. The molecule has 1 aliphatic heterocycles. The van der Waals surface area contributed by atoms with Gasteiger partial charge in [0.15, 0.2) is 0 Å². The summed E-state index contributed by atoms with van der Waals surface area (Å²) in [5.41, 5.74) is 1.62. The Morgan fingerprint density at radius 1 is 1.16 bits per heavy atom. The van der Waals surface area contributed by atoms with E-state index >= 15 is 0 Å². The molecule has 0 N–H and O–H groups in total. The number of rotatable bonds is 5. The SMILES string of the molecule is COC(=O)CC[C@H]1C(=O)N(c2ccc(F)cc2)[C@@H]1c1ccc(Br)cc1. The highest BCUT2D eigenvalue weighted by Gasteiger charge is 2.48. The van der Waals surface area contributed by atoms with Crippen molar-refractivity contribution < 1.29 is 18.7 Å². The van der Waals surface area contributed by atoms with Gasteiger partial charge in [-0.2, -0.15) is 0 Å². The van der Waals surface area contributed by atoms with E-state index in [0.717, 1.165) is 10.0 Å². The first-order chi connectivity index (χ1) is 12.0. The number of hydrogen-bond acceptors (Lipinski definition) is 3. The Morgan fingerprint density at radius 3 is 2.40 bits per heavy atom. The Kier molecular flexibility index (Phi) is 5.18. The fourth-order valence-corrected chi connectivity index (χ4v) is 3.40. The third-order valence-corrected chi connectivity index (χ3v) is 4.95. The monoisotopic (exact) mass is 405 g/mol. The van der Waals surface area contributed by atoms with E-state index in [2.05, 4.69) is 20.7 Å². The Morgan fingerprint density at radius 2 is 1.80 bits per heavy atom. The van der Waals surface area contributed by atoms with E-state index in [9.17, 15) is 14.0 Å². The van der Waals surface area contributed by atoms with Crippen LogP contribution in [-0.2, 0) is 14.3 Å². The van der Waals surface area contributed by atoms with Crippen molar-refractivity contribution in [2.45, 2.75) is 18.9 Å². The normalized spacial score (nSPS) is 19.5. The van der Waals surface area contributed by atoms with Gasteiger partial charge < -0.3 is 9.64 Å². The highest BCUT2D eigenvalue weighted by atomic mass is 79.9. The lowest BCUT2D eigenvalue weighted by Gasteiger charge is -2.47. The molecule has 25 heavy (non-hydrogen) atoms. The smallest absolute Gasteiger partial charge is 0.305 e. The van der Waals surface area contributed by atoms with Gasteiger partial charge in [-0.05, 0) is 48.4 Å². The van der Waals surface area contributed by atoms with Crippen LogP contribution in [0.1, 0.15) is 24.4 Å². The lowest BCUT2D eigenvalue weighted by molar-refractivity contribution is -0.141. The lowest BCUT2D eigenvalue weighted by atomic mass is 9.79. The molecule has 1 saturated heterocycles. The molecule has 1 amide bonds. The van der Waals surface area contributed by atoms with Crippen LogP contribution in [-0.4, -0.2) is 19.0 Å². The summed E-state index contributed by atoms with van der Waals surface area (Å²) in [5.74, 6) is -1.05. The first-order valence-electron chi connectivity index (χ1n) is 7.92. The zero-order chi connectivity index (χ0) is 18.0. The molecule has 2 atom stereocenters. The number of carbonyl (C=O) groups excluding carboxylic acids is 2. The lowest BCUT2D eigenvalue weighted by Crippen LogP contribution is -2.55. The predicted molar refractivity (Wildman–Crippen MR) is 95.5 cm³/mol. The van der Waals surface area contributed by atoms with Gasteiger partial charge in [0.05, 0.1) is 19.1 Å². The quantitative estimate of drug-likeness (QED) is 0.551. The maximum atomic E-state index is 13.2. The minimum absolute atomic E-state index is 0.0663. The number of benzene rings is 2. The van der Waals surface area contributed by atoms with Crippen LogP contribution in [0.2, 0.25) is 0 Å². The summed E-state index contributed by atoms with van der Waals surface area (Å²) in [6, 6.07) is 13.4. The van der Waals surface area contributed by atoms with Gasteiger partial charge >= 0.3 is 5.97 Å². The van der Waals surface area contributed by atoms with Crippen LogP contribution in [0.4, 0.5) is 10.1 Å². The summed E-state index contributed by atoms with van der Waals surface area (Å²) in [6.45, 7) is 0. The Balaban J connectivity index is 1.88. The van der Waals surface area contributed by atoms with Gasteiger partial charge in [0.25, 0.3) is 0 Å². The van der Waals surface area contributed by atoms with E-state index in [-0.39, 0.29) is 36.1 Å². The third kappa shape index (κ3) is 3.58. The molecule has 2 aromatic carbocycles. The number of hydrogen-bond donors (Lipinski definition) is 0. The average molecular weight is 406 g/mol. The Bertz CT molecular complexity index is 776. The Hall–Kier alpha value is -2.21. The molecule has 2 aromatic rings. The number of ether oxygens (including phenoxy) is 1. The average Bonchev–Trinajstić information content (AvgIpc) is 2.62. The van der Waals surface area contributed by atoms with Crippen LogP contribution in [0, 0.1) is 11.7 Å². The molecule has 130 valence electrons. The second kappa shape index (κ2) is 7.35. The molecule has 6 heteroatoms. The first kappa shape index (κ1) is 17.6. The summed E-state index contributed by atoms with van der Waals surface area (Å²) >= 11 is 3.41. The van der Waals surface area contributed by atoms with E-state index in [1.165, 1.54) is 19.2 Å². The van der Waals surface area contributed by atoms with E-state index in [4.69, 9.17) is 0 Å². The molecule has 0 spiro atoms. The van der Waals surface area contributed by atoms with Gasteiger partial charge in [-0.3, -0.25) is 9.59 Å². The predicted octanol–water partition coefficient (Wildman–Crippen LogP) is 4.25. The van der Waals surface area contributed by atoms with Crippen LogP contribution >= 0.6 is 15.9 Å². The maximum Gasteiger partial charge on any atom is 0.305 e. The van der Waals surface area contributed by atoms with Crippen molar-refractivity contribution in [1.82, 2.24) is 0 Å². The van der Waals surface area contributed by atoms with E-state index in [1.54, 1.807) is 17.0 Å². The maximum absolute atomic E-state index is 13.2. The molecule has 0 unspecified atom stereocenters. The standard InChI is InChI=1S/C19H17BrFNO3/c1-25-17(23)11-10-16-18(12-2-4-13(20)5-3-12)22(19(16)24)15-8-6-14(21)7-9-15/h2-9,16,18H,10-11H2,1H3/t16-,18-/m1/s1. The van der Waals surface area contributed by atoms with Crippen LogP contribution in [0.25, 0.3) is 0 Å². The van der Waals surface area contributed by atoms with Gasteiger partial charge in [-0.1, -0.05) is 28.1 Å². The first-order valence-corrected chi connectivity index (χ1v) is 8.71. The van der Waals surface area contributed by atoms with Crippen molar-refractivity contribution in [3.8, 4) is 0 Å². The molecule has 3 rings (SSSR count). The number of carbonyl (C=O) groups is 2. The van der Waals surface area contributed by atoms with Crippen LogP contribution in [0.5, 0.6) is 0 Å². The summed E-state index contributed by atoms with van der Waals surface area (Å²) in [7, 11) is 1.34. The second-order valence-electron chi connectivity index (χ2n) is 5.90. The minimum atomic E-state index is -0.348. The van der Waals surface area contributed by atoms with E-state index in [0.29, 0.717) is 12.1 Å². The zero-order valence-corrected chi connectivity index (χ0v) is 15.2. The van der Waals surface area contributed by atoms with E-state index < -0.39 is 0 Å². The molecular weight excluding hydrogens is 389 g/mol. The van der Waals surface area contributed by atoms with Gasteiger partial charge in [-0.25, -0.2) is 4.39 Å². The van der Waals surface area contributed by atoms with Crippen molar-refractivity contribution in [2.24, 2.45) is 5.92 Å². The van der Waals surface area contributed by atoms with E-state index in [1.807, 2.05) is 24.3 Å². The number of β-lactam (4-membered cyclic amide) rings is 1. The number of anilines is 1. The summed E-state index contributed by atoms with van der Waals surface area (Å²) in [6.07, 6.45) is 0.612. The van der Waals surface area contributed by atoms with Gasteiger partial charge in [-0.15, -0.1) is 0 Å². The van der Waals surface area contributed by atoms with Crippen molar-refractivity contribution in [1.29, 1.82) is 0 Å². The second-order valence-corrected chi connectivity index (χ2v) is 6.82. The fourth-order valence-electron chi connectivity index (χ4n) is 3.14. The van der Waals surface area contributed by atoms with Gasteiger partial charge in [0, 0.05) is 16.6 Å². The molecule has 0 bridgehead atoms. The molecule has 4 nitrogen and oxygen atoms in total. The zero-order valence-electron chi connectivity index (χ0n) is 13.6. The highest BCUT2D eigenvalue weighted by molar-refractivity contribution is 9.10. The summed E-state index contributed by atoms with van der Waals surface area (Å²) in [4.78, 5) is 25.8. The molecule has 1 fully saturated rings. The van der Waals surface area contributed by atoms with Crippen molar-refractivity contribution >= 4 is 33.5 Å². The number of amides is 1. The van der Waals surface area contributed by atoms with Crippen molar-refractivity contribution in [3.05, 3.63) is 64.4 Å². The molecule has 1 aliphatic rings. The summed E-state index contributed by atoms with van der Waals surface area (Å²) < 4.78 is 18.8. The van der Waals surface area contributed by atoms with Crippen LogP contribution < -0.4 is 4.90 Å². The van der Waals surface area contributed by atoms with Gasteiger partial charge in [0.1, 0.15) is 5.82 Å². The van der Waals surface area contributed by atoms with Crippen molar-refractivity contribution in [3.63, 3.8) is 0 Å². The largest absolute Gasteiger partial charge is 0.469 e. The number of halogens is 2. The highest BCUT2D eigenvalue weighted by Crippen LogP contribution is 2.45.